The molecule has 3 nitrogen and oxygen atoms in total. The summed E-state index contributed by atoms with van der Waals surface area (Å²) < 4.78 is 0. The first-order valence-electron chi connectivity index (χ1n) is 14.5. The molecule has 4 aliphatic rings. The van der Waals surface area contributed by atoms with Crippen molar-refractivity contribution in [1.29, 1.82) is 0 Å². The minimum atomic E-state index is 0.197. The van der Waals surface area contributed by atoms with E-state index in [-0.39, 0.29) is 5.91 Å². The van der Waals surface area contributed by atoms with Gasteiger partial charge in [0.25, 0.3) is 0 Å². The molecule has 1 saturated heterocycles. The lowest BCUT2D eigenvalue weighted by Crippen LogP contribution is -2.59. The van der Waals surface area contributed by atoms with Crippen LogP contribution in [0, 0.1) is 35.0 Å². The smallest absolute Gasteiger partial charge is 0.220 e. The molecular weight excluding hydrogens is 416 g/mol. The van der Waals surface area contributed by atoms with Crippen molar-refractivity contribution < 1.29 is 4.79 Å². The van der Waals surface area contributed by atoms with Gasteiger partial charge < -0.3 is 5.32 Å². The second-order valence-corrected chi connectivity index (χ2v) is 12.7. The molecule has 4 fully saturated rings. The lowest BCUT2D eigenvalue weighted by atomic mass is 9.43. The van der Waals surface area contributed by atoms with Gasteiger partial charge in [-0.2, -0.15) is 0 Å². The Bertz CT molecular complexity index is 839. The number of carbonyl (C=O) groups excluding carboxylic acids is 1. The molecule has 188 valence electrons. The number of likely N-dealkylation sites (tertiary alicyclic amines) is 1. The standard InChI is InChI=1S/C31H48N2O/c1-4-24-21-25-27(30(2)17-9-8-13-26(24)30)15-18-31(3)28(25)16-20-33(31)19-10-14-29(34)32-22-23-11-6-5-7-12-23/h5-7,11-12,24-28H,4,8-10,13-22H2,1-3H3,(H,32,34)/t24-,25?,26-,27-,28?,30-,31?/m0/s1. The Kier molecular flexibility index (Phi) is 7.13. The molecular formula is C31H48N2O. The van der Waals surface area contributed by atoms with E-state index in [0.29, 0.717) is 23.9 Å². The van der Waals surface area contributed by atoms with Gasteiger partial charge in [-0.25, -0.2) is 0 Å². The Morgan fingerprint density at radius 2 is 1.85 bits per heavy atom. The number of benzene rings is 1. The zero-order chi connectivity index (χ0) is 23.8. The summed E-state index contributed by atoms with van der Waals surface area (Å²) in [6.07, 6.45) is 14.6. The van der Waals surface area contributed by atoms with Crippen molar-refractivity contribution in [2.45, 2.75) is 103 Å². The number of carbonyl (C=O) groups is 1. The van der Waals surface area contributed by atoms with E-state index in [0.717, 1.165) is 42.6 Å². The number of nitrogens with one attached hydrogen (secondary N) is 1. The van der Waals surface area contributed by atoms with Crippen LogP contribution in [0.4, 0.5) is 0 Å². The summed E-state index contributed by atoms with van der Waals surface area (Å²) in [5, 5.41) is 3.11. The van der Waals surface area contributed by atoms with E-state index in [1.54, 1.807) is 0 Å². The summed E-state index contributed by atoms with van der Waals surface area (Å²) in [6.45, 7) is 10.7. The van der Waals surface area contributed by atoms with Crippen LogP contribution in [0.1, 0.15) is 97.0 Å². The second kappa shape index (κ2) is 9.96. The normalized spacial score (nSPS) is 39.7. The highest BCUT2D eigenvalue weighted by atomic mass is 16.1. The van der Waals surface area contributed by atoms with Crippen LogP contribution in [0.15, 0.2) is 30.3 Å². The maximum Gasteiger partial charge on any atom is 0.220 e. The van der Waals surface area contributed by atoms with Gasteiger partial charge in [0.15, 0.2) is 0 Å². The Morgan fingerprint density at radius 3 is 2.65 bits per heavy atom. The van der Waals surface area contributed by atoms with Crippen molar-refractivity contribution in [3.63, 3.8) is 0 Å². The lowest BCUT2D eigenvalue weighted by Gasteiger charge is -2.62. The van der Waals surface area contributed by atoms with Gasteiger partial charge >= 0.3 is 0 Å². The molecule has 1 amide bonds. The van der Waals surface area contributed by atoms with E-state index < -0.39 is 0 Å². The Hall–Kier alpha value is -1.35. The first-order valence-corrected chi connectivity index (χ1v) is 14.5. The predicted molar refractivity (Wildman–Crippen MR) is 140 cm³/mol. The van der Waals surface area contributed by atoms with Crippen LogP contribution in [0.2, 0.25) is 0 Å². The van der Waals surface area contributed by atoms with Crippen LogP contribution < -0.4 is 5.32 Å². The minimum Gasteiger partial charge on any atom is -0.352 e. The highest BCUT2D eigenvalue weighted by Gasteiger charge is 2.60. The SMILES string of the molecule is CC[C@H]1CC2C3CCN(CCCC(=O)NCc4ccccc4)C3(C)CC[C@@H]2[C@@]2(C)CCCC[C@@H]12. The number of hydrogen-bond donors (Lipinski definition) is 1. The highest BCUT2D eigenvalue weighted by molar-refractivity contribution is 5.75. The van der Waals surface area contributed by atoms with Gasteiger partial charge in [0.2, 0.25) is 5.91 Å². The predicted octanol–water partition coefficient (Wildman–Crippen LogP) is 6.82. The number of nitrogens with zero attached hydrogens (tertiary/aromatic N) is 1. The van der Waals surface area contributed by atoms with Gasteiger partial charge in [0.05, 0.1) is 0 Å². The summed E-state index contributed by atoms with van der Waals surface area (Å²) in [7, 11) is 0. The Labute approximate surface area is 208 Å². The van der Waals surface area contributed by atoms with Gasteiger partial charge in [-0.1, -0.05) is 63.4 Å². The molecule has 3 unspecified atom stereocenters. The third-order valence-electron chi connectivity index (χ3n) is 11.2. The van der Waals surface area contributed by atoms with Crippen LogP contribution in [0.5, 0.6) is 0 Å². The lowest BCUT2D eigenvalue weighted by molar-refractivity contribution is -0.129. The second-order valence-electron chi connectivity index (χ2n) is 12.7. The van der Waals surface area contributed by atoms with E-state index in [9.17, 15) is 4.79 Å². The average molecular weight is 465 g/mol. The molecule has 1 aliphatic heterocycles. The first-order chi connectivity index (χ1) is 16.5. The Balaban J connectivity index is 1.18. The fourth-order valence-electron chi connectivity index (χ4n) is 9.47. The molecule has 1 N–H and O–H groups in total. The van der Waals surface area contributed by atoms with Gasteiger partial charge in [0.1, 0.15) is 0 Å². The maximum atomic E-state index is 12.4. The minimum absolute atomic E-state index is 0.197. The van der Waals surface area contributed by atoms with Crippen molar-refractivity contribution in [2.24, 2.45) is 35.0 Å². The third-order valence-corrected chi connectivity index (χ3v) is 11.2. The molecule has 1 aromatic rings. The van der Waals surface area contributed by atoms with E-state index in [4.69, 9.17) is 0 Å². The van der Waals surface area contributed by atoms with E-state index in [2.05, 4.69) is 43.1 Å². The molecule has 0 radical (unpaired) electrons. The van der Waals surface area contributed by atoms with Gasteiger partial charge in [-0.05, 0) is 106 Å². The van der Waals surface area contributed by atoms with Crippen LogP contribution in [-0.2, 0) is 11.3 Å². The summed E-state index contributed by atoms with van der Waals surface area (Å²) >= 11 is 0. The quantitative estimate of drug-likeness (QED) is 0.480. The summed E-state index contributed by atoms with van der Waals surface area (Å²) in [6, 6.07) is 10.2. The average Bonchev–Trinajstić information content (AvgIpc) is 3.19. The molecule has 0 aromatic heterocycles. The summed E-state index contributed by atoms with van der Waals surface area (Å²) in [4.78, 5) is 15.2. The van der Waals surface area contributed by atoms with Crippen LogP contribution in [-0.4, -0.2) is 29.4 Å². The monoisotopic (exact) mass is 464 g/mol. The molecule has 3 aliphatic carbocycles. The topological polar surface area (TPSA) is 32.3 Å². The zero-order valence-corrected chi connectivity index (χ0v) is 22.0. The van der Waals surface area contributed by atoms with Crippen LogP contribution in [0.25, 0.3) is 0 Å². The summed E-state index contributed by atoms with van der Waals surface area (Å²) in [5.74, 6) is 4.90. The molecule has 1 aromatic carbocycles. The van der Waals surface area contributed by atoms with Crippen LogP contribution >= 0.6 is 0 Å². The number of hydrogen-bond acceptors (Lipinski definition) is 2. The molecule has 0 spiro atoms. The van der Waals surface area contributed by atoms with Gasteiger partial charge in [-0.15, -0.1) is 0 Å². The van der Waals surface area contributed by atoms with Crippen molar-refractivity contribution in [2.75, 3.05) is 13.1 Å². The molecule has 7 atom stereocenters. The number of amides is 1. The van der Waals surface area contributed by atoms with E-state index >= 15 is 0 Å². The molecule has 5 rings (SSSR count). The Morgan fingerprint density at radius 1 is 1.03 bits per heavy atom. The number of fused-ring (bicyclic) bond motifs is 5. The molecule has 1 heterocycles. The third kappa shape index (κ3) is 4.36. The van der Waals surface area contributed by atoms with E-state index in [1.807, 2.05) is 18.2 Å². The summed E-state index contributed by atoms with van der Waals surface area (Å²) in [5.41, 5.74) is 2.14. The fourth-order valence-corrected chi connectivity index (χ4v) is 9.47. The highest BCUT2D eigenvalue weighted by Crippen LogP contribution is 2.65. The first kappa shape index (κ1) is 24.3. The van der Waals surface area contributed by atoms with Crippen molar-refractivity contribution >= 4 is 5.91 Å². The largest absolute Gasteiger partial charge is 0.352 e. The zero-order valence-electron chi connectivity index (χ0n) is 22.0. The molecule has 34 heavy (non-hydrogen) atoms. The molecule has 3 heteroatoms. The van der Waals surface area contributed by atoms with Crippen molar-refractivity contribution in [3.05, 3.63) is 35.9 Å². The van der Waals surface area contributed by atoms with Crippen molar-refractivity contribution in [3.8, 4) is 0 Å². The van der Waals surface area contributed by atoms with Gasteiger partial charge in [-0.3, -0.25) is 9.69 Å². The molecule has 3 saturated carbocycles. The maximum absolute atomic E-state index is 12.4. The van der Waals surface area contributed by atoms with Crippen LogP contribution in [0.3, 0.4) is 0 Å². The number of rotatable bonds is 7. The van der Waals surface area contributed by atoms with Gasteiger partial charge in [0, 0.05) is 18.5 Å². The van der Waals surface area contributed by atoms with E-state index in [1.165, 1.54) is 69.9 Å². The molecule has 0 bridgehead atoms. The van der Waals surface area contributed by atoms with Crippen molar-refractivity contribution in [1.82, 2.24) is 10.2 Å². The fraction of sp³-hybridized carbons (Fsp3) is 0.774.